The third kappa shape index (κ3) is 1.62. The fraction of sp³-hybridized carbons (Fsp3) is 0.364. The highest BCUT2D eigenvalue weighted by atomic mass is 35.5. The highest BCUT2D eigenvalue weighted by Gasteiger charge is 2.15. The van der Waals surface area contributed by atoms with E-state index in [2.05, 4.69) is 12.0 Å². The fourth-order valence-electron chi connectivity index (χ4n) is 1.79. The Morgan fingerprint density at radius 3 is 2.93 bits per heavy atom. The maximum atomic E-state index is 6.13. The van der Waals surface area contributed by atoms with Crippen LogP contribution >= 0.6 is 11.6 Å². The van der Waals surface area contributed by atoms with Crippen molar-refractivity contribution in [2.75, 3.05) is 6.54 Å². The molecule has 0 aliphatic carbocycles. The molecule has 0 aliphatic rings. The summed E-state index contributed by atoms with van der Waals surface area (Å²) in [6.45, 7) is 2.67. The summed E-state index contributed by atoms with van der Waals surface area (Å²) in [5.41, 5.74) is 7.67. The molecule has 4 heteroatoms. The number of fused-ring (bicyclic) bond motifs is 1. The van der Waals surface area contributed by atoms with Crippen LogP contribution in [0.25, 0.3) is 10.9 Å². The third-order valence-electron chi connectivity index (χ3n) is 2.66. The standard InChI is InChI=1S/C11H14ClN3/c1-7(6-13)10-8-4-3-5-9(12)11(8)15(2)14-10/h3-5,7H,6,13H2,1-2H3. The van der Waals surface area contributed by atoms with Gasteiger partial charge in [0.05, 0.1) is 16.2 Å². The van der Waals surface area contributed by atoms with Gasteiger partial charge in [-0.1, -0.05) is 30.7 Å². The minimum absolute atomic E-state index is 0.257. The van der Waals surface area contributed by atoms with Crippen LogP contribution in [0.2, 0.25) is 5.02 Å². The second-order valence-corrected chi connectivity index (χ2v) is 4.19. The highest BCUT2D eigenvalue weighted by molar-refractivity contribution is 6.35. The summed E-state index contributed by atoms with van der Waals surface area (Å²) < 4.78 is 1.82. The maximum Gasteiger partial charge on any atom is 0.0868 e. The SMILES string of the molecule is CC(CN)c1nn(C)c2c(Cl)cccc12. The number of aromatic nitrogens is 2. The lowest BCUT2D eigenvalue weighted by Gasteiger charge is -2.04. The number of nitrogens with two attached hydrogens (primary N) is 1. The zero-order valence-electron chi connectivity index (χ0n) is 8.87. The number of benzene rings is 1. The Morgan fingerprint density at radius 2 is 2.27 bits per heavy atom. The lowest BCUT2D eigenvalue weighted by molar-refractivity contribution is 0.697. The maximum absolute atomic E-state index is 6.13. The summed E-state index contributed by atoms with van der Waals surface area (Å²) in [5.74, 6) is 0.257. The Bertz CT molecular complexity index is 490. The molecule has 0 aliphatic heterocycles. The summed E-state index contributed by atoms with van der Waals surface area (Å²) in [4.78, 5) is 0. The Kier molecular flexibility index (Phi) is 2.67. The molecule has 2 aromatic rings. The number of nitrogens with zero attached hydrogens (tertiary/aromatic N) is 2. The zero-order valence-corrected chi connectivity index (χ0v) is 9.62. The first kappa shape index (κ1) is 10.5. The third-order valence-corrected chi connectivity index (χ3v) is 2.97. The number of hydrogen-bond donors (Lipinski definition) is 1. The second-order valence-electron chi connectivity index (χ2n) is 3.78. The summed E-state index contributed by atoms with van der Waals surface area (Å²) in [7, 11) is 1.90. The first-order chi connectivity index (χ1) is 7.15. The van der Waals surface area contributed by atoms with Crippen molar-refractivity contribution < 1.29 is 0 Å². The molecule has 0 saturated heterocycles. The molecule has 0 radical (unpaired) electrons. The van der Waals surface area contributed by atoms with Crippen molar-refractivity contribution in [2.24, 2.45) is 12.8 Å². The van der Waals surface area contributed by atoms with Gasteiger partial charge in [-0.2, -0.15) is 5.10 Å². The van der Waals surface area contributed by atoms with Gasteiger partial charge in [-0.05, 0) is 6.07 Å². The first-order valence-electron chi connectivity index (χ1n) is 4.96. The van der Waals surface area contributed by atoms with E-state index >= 15 is 0 Å². The van der Waals surface area contributed by atoms with Gasteiger partial charge in [0, 0.05) is 24.9 Å². The molecule has 0 spiro atoms. The van der Waals surface area contributed by atoms with Crippen molar-refractivity contribution in [3.63, 3.8) is 0 Å². The minimum Gasteiger partial charge on any atom is -0.330 e. The molecule has 80 valence electrons. The van der Waals surface area contributed by atoms with Crippen molar-refractivity contribution in [2.45, 2.75) is 12.8 Å². The monoisotopic (exact) mass is 223 g/mol. The van der Waals surface area contributed by atoms with Crippen molar-refractivity contribution in [1.29, 1.82) is 0 Å². The van der Waals surface area contributed by atoms with Crippen molar-refractivity contribution >= 4 is 22.5 Å². The van der Waals surface area contributed by atoms with Gasteiger partial charge in [-0.25, -0.2) is 0 Å². The summed E-state index contributed by atoms with van der Waals surface area (Å²) in [6.07, 6.45) is 0. The average molecular weight is 224 g/mol. The quantitative estimate of drug-likeness (QED) is 0.849. The smallest absolute Gasteiger partial charge is 0.0868 e. The molecular formula is C11H14ClN3. The molecule has 3 nitrogen and oxygen atoms in total. The predicted molar refractivity (Wildman–Crippen MR) is 63.2 cm³/mol. The van der Waals surface area contributed by atoms with Crippen LogP contribution in [0.5, 0.6) is 0 Å². The summed E-state index contributed by atoms with van der Waals surface area (Å²) in [6, 6.07) is 5.86. The minimum atomic E-state index is 0.257. The highest BCUT2D eigenvalue weighted by Crippen LogP contribution is 2.28. The van der Waals surface area contributed by atoms with Crippen molar-refractivity contribution in [3.8, 4) is 0 Å². The number of halogens is 1. The molecule has 0 amide bonds. The molecule has 0 bridgehead atoms. The zero-order chi connectivity index (χ0) is 11.0. The van der Waals surface area contributed by atoms with E-state index in [1.807, 2.05) is 29.9 Å². The summed E-state index contributed by atoms with van der Waals surface area (Å²) >= 11 is 6.13. The normalized spacial score (nSPS) is 13.3. The van der Waals surface area contributed by atoms with Crippen LogP contribution in [-0.2, 0) is 7.05 Å². The van der Waals surface area contributed by atoms with Crippen LogP contribution in [0, 0.1) is 0 Å². The van der Waals surface area contributed by atoms with Crippen molar-refractivity contribution in [3.05, 3.63) is 28.9 Å². The molecular weight excluding hydrogens is 210 g/mol. The average Bonchev–Trinajstić information content (AvgIpc) is 2.56. The van der Waals surface area contributed by atoms with E-state index in [1.165, 1.54) is 0 Å². The summed E-state index contributed by atoms with van der Waals surface area (Å²) in [5, 5.41) is 6.31. The van der Waals surface area contributed by atoms with E-state index < -0.39 is 0 Å². The molecule has 1 unspecified atom stereocenters. The molecule has 2 N–H and O–H groups in total. The van der Waals surface area contributed by atoms with Crippen LogP contribution in [0.3, 0.4) is 0 Å². The van der Waals surface area contributed by atoms with Gasteiger partial charge < -0.3 is 5.73 Å². The van der Waals surface area contributed by atoms with E-state index in [-0.39, 0.29) is 5.92 Å². The molecule has 1 aromatic carbocycles. The van der Waals surface area contributed by atoms with Crippen LogP contribution in [-0.4, -0.2) is 16.3 Å². The molecule has 15 heavy (non-hydrogen) atoms. The number of hydrogen-bond acceptors (Lipinski definition) is 2. The first-order valence-corrected chi connectivity index (χ1v) is 5.34. The lowest BCUT2D eigenvalue weighted by atomic mass is 10.0. The van der Waals surface area contributed by atoms with E-state index in [0.717, 1.165) is 21.6 Å². The molecule has 1 heterocycles. The lowest BCUT2D eigenvalue weighted by Crippen LogP contribution is -2.09. The van der Waals surface area contributed by atoms with E-state index in [0.29, 0.717) is 6.54 Å². The second kappa shape index (κ2) is 3.83. The van der Waals surface area contributed by atoms with E-state index in [4.69, 9.17) is 17.3 Å². The van der Waals surface area contributed by atoms with Gasteiger partial charge in [0.15, 0.2) is 0 Å². The molecule has 1 atom stereocenters. The fourth-order valence-corrected chi connectivity index (χ4v) is 2.09. The Balaban J connectivity index is 2.73. The topological polar surface area (TPSA) is 43.8 Å². The van der Waals surface area contributed by atoms with Gasteiger partial charge in [0.1, 0.15) is 0 Å². The predicted octanol–water partition coefficient (Wildman–Crippen LogP) is 2.29. The van der Waals surface area contributed by atoms with Crippen LogP contribution in [0.15, 0.2) is 18.2 Å². The Morgan fingerprint density at radius 1 is 1.53 bits per heavy atom. The number of para-hydroxylation sites is 1. The number of rotatable bonds is 2. The van der Waals surface area contributed by atoms with Gasteiger partial charge >= 0.3 is 0 Å². The van der Waals surface area contributed by atoms with Gasteiger partial charge in [0.2, 0.25) is 0 Å². The molecule has 0 fully saturated rings. The molecule has 0 saturated carbocycles. The van der Waals surface area contributed by atoms with Crippen LogP contribution < -0.4 is 5.73 Å². The Hall–Kier alpha value is -1.06. The van der Waals surface area contributed by atoms with E-state index in [1.54, 1.807) is 0 Å². The molecule has 2 rings (SSSR count). The van der Waals surface area contributed by atoms with Gasteiger partial charge in [0.25, 0.3) is 0 Å². The van der Waals surface area contributed by atoms with Crippen molar-refractivity contribution in [1.82, 2.24) is 9.78 Å². The molecule has 1 aromatic heterocycles. The van der Waals surface area contributed by atoms with E-state index in [9.17, 15) is 0 Å². The Labute approximate surface area is 93.8 Å². The van der Waals surface area contributed by atoms with Crippen LogP contribution in [0.4, 0.5) is 0 Å². The number of aryl methyl sites for hydroxylation is 1. The van der Waals surface area contributed by atoms with Gasteiger partial charge in [-0.15, -0.1) is 0 Å². The van der Waals surface area contributed by atoms with Crippen LogP contribution in [0.1, 0.15) is 18.5 Å². The van der Waals surface area contributed by atoms with Gasteiger partial charge in [-0.3, -0.25) is 4.68 Å². The largest absolute Gasteiger partial charge is 0.330 e.